The number of ether oxygens (including phenoxy) is 1. The summed E-state index contributed by atoms with van der Waals surface area (Å²) >= 11 is 3.34. The molecule has 1 aromatic rings. The summed E-state index contributed by atoms with van der Waals surface area (Å²) in [7, 11) is 1.39. The van der Waals surface area contributed by atoms with Crippen molar-refractivity contribution < 1.29 is 13.9 Å². The van der Waals surface area contributed by atoms with E-state index < -0.39 is 5.82 Å². The fourth-order valence-electron chi connectivity index (χ4n) is 1.52. The van der Waals surface area contributed by atoms with Gasteiger partial charge in [0.05, 0.1) is 11.9 Å². The molecule has 0 N–H and O–H groups in total. The number of alkyl halides is 1. The summed E-state index contributed by atoms with van der Waals surface area (Å²) in [6.45, 7) is 4.08. The van der Waals surface area contributed by atoms with Crippen molar-refractivity contribution in [3.63, 3.8) is 0 Å². The third-order valence-corrected chi connectivity index (χ3v) is 3.19. The number of hydrogen-bond donors (Lipinski definition) is 0. The molecule has 0 radical (unpaired) electrons. The van der Waals surface area contributed by atoms with Crippen LogP contribution in [0.1, 0.15) is 30.6 Å². The van der Waals surface area contributed by atoms with Crippen molar-refractivity contribution in [2.24, 2.45) is 5.92 Å². The van der Waals surface area contributed by atoms with Gasteiger partial charge in [0, 0.05) is 5.56 Å². The molecule has 0 bridgehead atoms. The summed E-state index contributed by atoms with van der Waals surface area (Å²) in [5.41, 5.74) is 0.367. The summed E-state index contributed by atoms with van der Waals surface area (Å²) in [4.78, 5) is 11.7. The molecular formula is C13H17BrFIO2. The zero-order valence-electron chi connectivity index (χ0n) is 10.6. The first-order valence-electron chi connectivity index (χ1n) is 5.47. The third-order valence-electron chi connectivity index (χ3n) is 2.40. The summed E-state index contributed by atoms with van der Waals surface area (Å²) in [6.07, 6.45) is 0.729. The van der Waals surface area contributed by atoms with Gasteiger partial charge >= 0.3 is 0 Å². The van der Waals surface area contributed by atoms with Crippen LogP contribution in [-0.2, 0) is 0 Å². The van der Waals surface area contributed by atoms with Crippen LogP contribution in [0.5, 0.6) is 5.75 Å². The van der Waals surface area contributed by atoms with E-state index in [9.17, 15) is 9.18 Å². The lowest BCUT2D eigenvalue weighted by Gasteiger charge is -2.12. The van der Waals surface area contributed by atoms with Crippen LogP contribution in [0.15, 0.2) is 18.2 Å². The van der Waals surface area contributed by atoms with Crippen LogP contribution >= 0.6 is 39.9 Å². The van der Waals surface area contributed by atoms with Gasteiger partial charge in [0.25, 0.3) is 0 Å². The van der Waals surface area contributed by atoms with Gasteiger partial charge in [-0.15, -0.1) is 24.0 Å². The van der Waals surface area contributed by atoms with Gasteiger partial charge in [0.2, 0.25) is 0 Å². The van der Waals surface area contributed by atoms with E-state index in [1.165, 1.54) is 19.2 Å². The molecule has 0 fully saturated rings. The molecule has 5 heteroatoms. The highest BCUT2D eigenvalue weighted by Crippen LogP contribution is 2.22. The number of halogens is 3. The van der Waals surface area contributed by atoms with Crippen LogP contribution in [0, 0.1) is 11.7 Å². The second-order valence-corrected chi connectivity index (χ2v) is 5.42. The van der Waals surface area contributed by atoms with Crippen molar-refractivity contribution in [1.82, 2.24) is 0 Å². The highest BCUT2D eigenvalue weighted by molar-refractivity contribution is 14.0. The molecule has 1 atom stereocenters. The second kappa shape index (κ2) is 8.09. The van der Waals surface area contributed by atoms with Gasteiger partial charge in [-0.25, -0.2) is 4.39 Å². The molecule has 1 aromatic carbocycles. The minimum atomic E-state index is -0.511. The summed E-state index contributed by atoms with van der Waals surface area (Å²) in [6, 6.07) is 4.27. The number of rotatable bonds is 5. The largest absolute Gasteiger partial charge is 0.494 e. The Hall–Kier alpha value is -0.170. The second-order valence-electron chi connectivity index (χ2n) is 4.31. The number of carbonyl (C=O) groups is 1. The molecule has 2 nitrogen and oxygen atoms in total. The molecule has 0 saturated heterocycles. The molecule has 0 aromatic heterocycles. The number of Topliss-reactive ketones (excluding diaryl/α,β-unsaturated/α-hetero) is 1. The van der Waals surface area contributed by atoms with Crippen LogP contribution in [0.3, 0.4) is 0 Å². The first kappa shape index (κ1) is 17.8. The lowest BCUT2D eigenvalue weighted by Crippen LogP contribution is -2.16. The predicted octanol–water partition coefficient (Wildman–Crippen LogP) is 4.44. The fraction of sp³-hybridized carbons (Fsp3) is 0.462. The Bertz CT molecular complexity index is 410. The molecule has 0 aliphatic heterocycles. The standard InChI is InChI=1S/C13H16BrFO2.HI/c1-8(2)6-10(14)13(16)9-4-5-12(17-3)11(15)7-9;/h4-5,7-8,10H,6H2,1-3H3;1H. The molecule has 0 saturated carbocycles. The van der Waals surface area contributed by atoms with E-state index in [0.29, 0.717) is 11.5 Å². The topological polar surface area (TPSA) is 26.3 Å². The number of benzene rings is 1. The molecular weight excluding hydrogens is 414 g/mol. The van der Waals surface area contributed by atoms with E-state index in [1.54, 1.807) is 6.07 Å². The molecule has 102 valence electrons. The first-order chi connectivity index (χ1) is 7.95. The van der Waals surface area contributed by atoms with E-state index >= 15 is 0 Å². The van der Waals surface area contributed by atoms with E-state index in [0.717, 1.165) is 6.42 Å². The maximum Gasteiger partial charge on any atom is 0.176 e. The first-order valence-corrected chi connectivity index (χ1v) is 6.39. The van der Waals surface area contributed by atoms with Crippen LogP contribution < -0.4 is 4.74 Å². The van der Waals surface area contributed by atoms with Gasteiger partial charge in [-0.1, -0.05) is 29.8 Å². The van der Waals surface area contributed by atoms with Crippen molar-refractivity contribution >= 4 is 45.7 Å². The Morgan fingerprint density at radius 1 is 1.44 bits per heavy atom. The predicted molar refractivity (Wildman–Crippen MR) is 84.9 cm³/mol. The Balaban J connectivity index is 0.00000289. The molecule has 0 aliphatic rings. The molecule has 0 heterocycles. The van der Waals surface area contributed by atoms with Gasteiger partial charge in [0.1, 0.15) is 0 Å². The maximum atomic E-state index is 13.4. The van der Waals surface area contributed by atoms with Gasteiger partial charge in [0.15, 0.2) is 17.3 Å². The quantitative estimate of drug-likeness (QED) is 0.392. The Labute approximate surface area is 132 Å². The normalized spacial score (nSPS) is 11.9. The molecule has 0 aliphatic carbocycles. The van der Waals surface area contributed by atoms with Gasteiger partial charge in [-0.3, -0.25) is 4.79 Å². The molecule has 1 unspecified atom stereocenters. The van der Waals surface area contributed by atoms with Crippen molar-refractivity contribution in [3.05, 3.63) is 29.6 Å². The number of ketones is 1. The van der Waals surface area contributed by atoms with Gasteiger partial charge in [-0.05, 0) is 30.5 Å². The summed E-state index contributed by atoms with van der Waals surface area (Å²) in [5, 5.41) is 0. The highest BCUT2D eigenvalue weighted by Gasteiger charge is 2.19. The van der Waals surface area contributed by atoms with Crippen molar-refractivity contribution in [2.45, 2.75) is 25.1 Å². The summed E-state index contributed by atoms with van der Waals surface area (Å²) < 4.78 is 18.3. The minimum Gasteiger partial charge on any atom is -0.494 e. The van der Waals surface area contributed by atoms with Crippen LogP contribution in [0.25, 0.3) is 0 Å². The summed E-state index contributed by atoms with van der Waals surface area (Å²) in [5.74, 6) is -0.0502. The van der Waals surface area contributed by atoms with Crippen LogP contribution in [-0.4, -0.2) is 17.7 Å². The zero-order valence-corrected chi connectivity index (χ0v) is 14.5. The monoisotopic (exact) mass is 430 g/mol. The SMILES string of the molecule is COc1ccc(C(=O)C(Br)CC(C)C)cc1F.I. The molecule has 0 amide bonds. The molecule has 18 heavy (non-hydrogen) atoms. The zero-order chi connectivity index (χ0) is 13.0. The van der Waals surface area contributed by atoms with Crippen molar-refractivity contribution in [1.29, 1.82) is 0 Å². The Morgan fingerprint density at radius 3 is 2.50 bits per heavy atom. The van der Waals surface area contributed by atoms with Gasteiger partial charge < -0.3 is 4.74 Å². The third kappa shape index (κ3) is 4.84. The average Bonchev–Trinajstić information content (AvgIpc) is 2.27. The number of carbonyl (C=O) groups excluding carboxylic acids is 1. The van der Waals surface area contributed by atoms with Crippen LogP contribution in [0.4, 0.5) is 4.39 Å². The van der Waals surface area contributed by atoms with Gasteiger partial charge in [-0.2, -0.15) is 0 Å². The van der Waals surface area contributed by atoms with Crippen molar-refractivity contribution in [2.75, 3.05) is 7.11 Å². The average molecular weight is 431 g/mol. The molecule has 0 spiro atoms. The molecule has 1 rings (SSSR count). The Kier molecular flexibility index (Phi) is 8.02. The Morgan fingerprint density at radius 2 is 2.06 bits per heavy atom. The van der Waals surface area contributed by atoms with Crippen LogP contribution in [0.2, 0.25) is 0 Å². The highest BCUT2D eigenvalue weighted by atomic mass is 127. The maximum absolute atomic E-state index is 13.4. The number of methoxy groups -OCH3 is 1. The van der Waals surface area contributed by atoms with E-state index in [-0.39, 0.29) is 40.3 Å². The van der Waals surface area contributed by atoms with E-state index in [1.807, 2.05) is 13.8 Å². The van der Waals surface area contributed by atoms with E-state index in [4.69, 9.17) is 4.74 Å². The number of hydrogen-bond acceptors (Lipinski definition) is 2. The fourth-order valence-corrected chi connectivity index (χ4v) is 2.53. The van der Waals surface area contributed by atoms with Crippen molar-refractivity contribution in [3.8, 4) is 5.75 Å². The smallest absolute Gasteiger partial charge is 0.176 e. The lowest BCUT2D eigenvalue weighted by molar-refractivity contribution is 0.0984. The minimum absolute atomic E-state index is 0. The van der Waals surface area contributed by atoms with E-state index in [2.05, 4.69) is 15.9 Å². The lowest BCUT2D eigenvalue weighted by atomic mass is 10.0.